The van der Waals surface area contributed by atoms with Crippen LogP contribution >= 0.6 is 0 Å². The molecule has 1 N–H and O–H groups in total. The van der Waals surface area contributed by atoms with Crippen LogP contribution in [0.3, 0.4) is 0 Å². The maximum atomic E-state index is 9.27. The zero-order valence-corrected chi connectivity index (χ0v) is 6.33. The molecule has 0 aliphatic heterocycles. The Hall–Kier alpha value is -1.24. The van der Waals surface area contributed by atoms with Crippen LogP contribution in [0.1, 0.15) is 12.0 Å². The van der Waals surface area contributed by atoms with E-state index in [-0.39, 0.29) is 0 Å². The highest BCUT2D eigenvalue weighted by Crippen LogP contribution is 2.16. The van der Waals surface area contributed by atoms with Gasteiger partial charge in [0, 0.05) is 5.56 Å². The van der Waals surface area contributed by atoms with Crippen molar-refractivity contribution in [3.05, 3.63) is 42.8 Å². The number of hydrogen-bond acceptors (Lipinski definition) is 1. The average Bonchev–Trinajstić information content (AvgIpc) is 2.03. The SMILES string of the molecule is [CH2]CC=Cc1ccccc1O. The van der Waals surface area contributed by atoms with E-state index in [2.05, 4.69) is 6.92 Å². The summed E-state index contributed by atoms with van der Waals surface area (Å²) in [7, 11) is 0. The van der Waals surface area contributed by atoms with Gasteiger partial charge in [0.2, 0.25) is 0 Å². The molecule has 0 heterocycles. The molecule has 0 saturated carbocycles. The molecule has 0 spiro atoms. The summed E-state index contributed by atoms with van der Waals surface area (Å²) in [6.45, 7) is 3.66. The molecule has 1 radical (unpaired) electrons. The lowest BCUT2D eigenvalue weighted by Gasteiger charge is -1.95. The van der Waals surface area contributed by atoms with E-state index < -0.39 is 0 Å². The Morgan fingerprint density at radius 2 is 2.09 bits per heavy atom. The first kappa shape index (κ1) is 7.86. The normalized spacial score (nSPS) is 10.6. The number of allylic oxidation sites excluding steroid dienone is 1. The third kappa shape index (κ3) is 2.11. The third-order valence-electron chi connectivity index (χ3n) is 1.40. The quantitative estimate of drug-likeness (QED) is 0.681. The number of phenolic OH excluding ortho intramolecular Hbond substituents is 1. The molecule has 0 atom stereocenters. The van der Waals surface area contributed by atoms with E-state index in [1.807, 2.05) is 24.3 Å². The highest BCUT2D eigenvalue weighted by atomic mass is 16.3. The molecule has 1 nitrogen and oxygen atoms in total. The van der Waals surface area contributed by atoms with Crippen LogP contribution < -0.4 is 0 Å². The molecule has 0 fully saturated rings. The van der Waals surface area contributed by atoms with Crippen molar-refractivity contribution < 1.29 is 5.11 Å². The molecule has 1 aromatic carbocycles. The molecular formula is C10H11O. The first-order chi connectivity index (χ1) is 5.34. The van der Waals surface area contributed by atoms with Gasteiger partial charge in [0.05, 0.1) is 0 Å². The van der Waals surface area contributed by atoms with Gasteiger partial charge in [-0.3, -0.25) is 0 Å². The number of phenols is 1. The largest absolute Gasteiger partial charge is 0.507 e. The van der Waals surface area contributed by atoms with Crippen molar-refractivity contribution in [2.45, 2.75) is 6.42 Å². The van der Waals surface area contributed by atoms with Crippen LogP contribution in [0.5, 0.6) is 5.75 Å². The highest BCUT2D eigenvalue weighted by Gasteiger charge is 1.91. The Bertz CT molecular complexity index is 251. The smallest absolute Gasteiger partial charge is 0.122 e. The lowest BCUT2D eigenvalue weighted by atomic mass is 10.2. The first-order valence-corrected chi connectivity index (χ1v) is 3.58. The van der Waals surface area contributed by atoms with Gasteiger partial charge in [-0.05, 0) is 19.4 Å². The molecular weight excluding hydrogens is 136 g/mol. The van der Waals surface area contributed by atoms with Gasteiger partial charge in [-0.25, -0.2) is 0 Å². The van der Waals surface area contributed by atoms with E-state index in [9.17, 15) is 5.11 Å². The van der Waals surface area contributed by atoms with Gasteiger partial charge in [-0.15, -0.1) is 0 Å². The Morgan fingerprint density at radius 3 is 2.73 bits per heavy atom. The van der Waals surface area contributed by atoms with E-state index in [0.717, 1.165) is 12.0 Å². The summed E-state index contributed by atoms with van der Waals surface area (Å²) in [5.74, 6) is 0.317. The van der Waals surface area contributed by atoms with Crippen LogP contribution in [-0.4, -0.2) is 5.11 Å². The van der Waals surface area contributed by atoms with Gasteiger partial charge >= 0.3 is 0 Å². The standard InChI is InChI=1S/C10H11O/c1-2-3-6-9-7-4-5-8-10(9)11/h3-8,11H,1-2H2. The maximum Gasteiger partial charge on any atom is 0.122 e. The van der Waals surface area contributed by atoms with Crippen LogP contribution in [0.25, 0.3) is 6.08 Å². The lowest BCUT2D eigenvalue weighted by Crippen LogP contribution is -1.71. The number of benzene rings is 1. The molecule has 0 aromatic heterocycles. The summed E-state index contributed by atoms with van der Waals surface area (Å²) in [4.78, 5) is 0. The van der Waals surface area contributed by atoms with Crippen molar-refractivity contribution >= 4 is 6.08 Å². The molecule has 0 unspecified atom stereocenters. The van der Waals surface area contributed by atoms with Crippen molar-refractivity contribution in [2.24, 2.45) is 0 Å². The summed E-state index contributed by atoms with van der Waals surface area (Å²) >= 11 is 0. The minimum absolute atomic E-state index is 0.317. The predicted molar refractivity (Wildman–Crippen MR) is 47.1 cm³/mol. The van der Waals surface area contributed by atoms with Gasteiger partial charge in [-0.2, -0.15) is 0 Å². The minimum atomic E-state index is 0.317. The van der Waals surface area contributed by atoms with E-state index >= 15 is 0 Å². The Labute approximate surface area is 67.0 Å². The molecule has 0 bridgehead atoms. The number of hydrogen-bond donors (Lipinski definition) is 1. The summed E-state index contributed by atoms with van der Waals surface area (Å²) < 4.78 is 0. The van der Waals surface area contributed by atoms with Crippen LogP contribution in [0.2, 0.25) is 0 Å². The lowest BCUT2D eigenvalue weighted by molar-refractivity contribution is 0.474. The monoisotopic (exact) mass is 147 g/mol. The Balaban J connectivity index is 2.86. The Kier molecular flexibility index (Phi) is 2.73. The maximum absolute atomic E-state index is 9.27. The summed E-state index contributed by atoms with van der Waals surface area (Å²) in [5, 5.41) is 9.27. The molecule has 0 amide bonds. The number of para-hydroxylation sites is 1. The zero-order chi connectivity index (χ0) is 8.10. The molecule has 0 aliphatic carbocycles. The second-order valence-corrected chi connectivity index (χ2v) is 2.25. The molecule has 11 heavy (non-hydrogen) atoms. The molecule has 57 valence electrons. The fraction of sp³-hybridized carbons (Fsp3) is 0.100. The second-order valence-electron chi connectivity index (χ2n) is 2.25. The van der Waals surface area contributed by atoms with Gasteiger partial charge in [-0.1, -0.05) is 30.4 Å². The van der Waals surface area contributed by atoms with Crippen LogP contribution in [-0.2, 0) is 0 Å². The van der Waals surface area contributed by atoms with Crippen LogP contribution in [0.15, 0.2) is 30.3 Å². The van der Waals surface area contributed by atoms with Gasteiger partial charge in [0.1, 0.15) is 5.75 Å². The summed E-state index contributed by atoms with van der Waals surface area (Å²) in [6.07, 6.45) is 4.52. The van der Waals surface area contributed by atoms with Gasteiger partial charge in [0.15, 0.2) is 0 Å². The van der Waals surface area contributed by atoms with Crippen molar-refractivity contribution in [2.75, 3.05) is 0 Å². The number of rotatable bonds is 2. The van der Waals surface area contributed by atoms with E-state index in [0.29, 0.717) is 5.75 Å². The van der Waals surface area contributed by atoms with Crippen molar-refractivity contribution in [3.8, 4) is 5.75 Å². The van der Waals surface area contributed by atoms with Crippen molar-refractivity contribution in [3.63, 3.8) is 0 Å². The molecule has 0 aliphatic rings. The summed E-state index contributed by atoms with van der Waals surface area (Å²) in [6, 6.07) is 7.23. The first-order valence-electron chi connectivity index (χ1n) is 3.58. The van der Waals surface area contributed by atoms with Crippen molar-refractivity contribution in [1.29, 1.82) is 0 Å². The van der Waals surface area contributed by atoms with E-state index in [1.165, 1.54) is 0 Å². The minimum Gasteiger partial charge on any atom is -0.507 e. The predicted octanol–water partition coefficient (Wildman–Crippen LogP) is 2.63. The molecule has 1 rings (SSSR count). The fourth-order valence-corrected chi connectivity index (χ4v) is 0.839. The summed E-state index contributed by atoms with van der Waals surface area (Å²) in [5.41, 5.74) is 0.844. The van der Waals surface area contributed by atoms with Gasteiger partial charge in [0.25, 0.3) is 0 Å². The zero-order valence-electron chi connectivity index (χ0n) is 6.33. The number of aromatic hydroxyl groups is 1. The molecule has 0 saturated heterocycles. The second kappa shape index (κ2) is 3.81. The third-order valence-corrected chi connectivity index (χ3v) is 1.40. The van der Waals surface area contributed by atoms with E-state index in [4.69, 9.17) is 0 Å². The fourth-order valence-electron chi connectivity index (χ4n) is 0.839. The van der Waals surface area contributed by atoms with Gasteiger partial charge < -0.3 is 5.11 Å². The van der Waals surface area contributed by atoms with Crippen molar-refractivity contribution in [1.82, 2.24) is 0 Å². The van der Waals surface area contributed by atoms with Crippen LogP contribution in [0, 0.1) is 6.92 Å². The molecule has 1 aromatic rings. The Morgan fingerprint density at radius 1 is 1.36 bits per heavy atom. The topological polar surface area (TPSA) is 20.2 Å². The van der Waals surface area contributed by atoms with Crippen LogP contribution in [0.4, 0.5) is 0 Å². The highest BCUT2D eigenvalue weighted by molar-refractivity contribution is 5.56. The molecule has 1 heteroatoms. The van der Waals surface area contributed by atoms with E-state index in [1.54, 1.807) is 12.1 Å². The average molecular weight is 147 g/mol.